The Balaban J connectivity index is 2.75. The first-order chi connectivity index (χ1) is 26.7. The van der Waals surface area contributed by atoms with Crippen LogP contribution < -0.4 is 10.6 Å². The number of aliphatic hydroxyl groups is 3. The maximum atomic E-state index is 13.8. The highest BCUT2D eigenvalue weighted by Gasteiger charge is 2.48. The fourth-order valence-electron chi connectivity index (χ4n) is 7.38. The Bertz CT molecular complexity index is 1000. The van der Waals surface area contributed by atoms with Crippen LogP contribution in [-0.2, 0) is 23.9 Å². The number of aliphatic carboxylic acids is 1. The number of nitrogens with zero attached hydrogens (tertiary/aromatic N) is 1. The van der Waals surface area contributed by atoms with Crippen LogP contribution >= 0.6 is 0 Å². The van der Waals surface area contributed by atoms with E-state index in [0.717, 1.165) is 38.5 Å². The van der Waals surface area contributed by atoms with Crippen LogP contribution in [0.25, 0.3) is 0 Å². The average Bonchev–Trinajstić information content (AvgIpc) is 3.16. The van der Waals surface area contributed by atoms with Gasteiger partial charge in [0.15, 0.2) is 6.23 Å². The van der Waals surface area contributed by atoms with Gasteiger partial charge in [-0.3, -0.25) is 19.2 Å². The lowest BCUT2D eigenvalue weighted by Crippen LogP contribution is -2.69. The van der Waals surface area contributed by atoms with Crippen LogP contribution in [-0.4, -0.2) is 99.3 Å². The van der Waals surface area contributed by atoms with Crippen molar-refractivity contribution in [2.24, 2.45) is 0 Å². The predicted octanol–water partition coefficient (Wildman–Crippen LogP) is 7.29. The lowest BCUT2D eigenvalue weighted by Gasteiger charge is -2.47. The van der Waals surface area contributed by atoms with Crippen molar-refractivity contribution in [3.63, 3.8) is 0 Å². The van der Waals surface area contributed by atoms with E-state index in [-0.39, 0.29) is 31.6 Å². The van der Waals surface area contributed by atoms with E-state index < -0.39 is 61.5 Å². The SMILES string of the molecule is CCCCCCCCCCCCCCCCCCN(C(=O)CCCCCCCCCCC)[C@@H]1O[C@H](CO)[C@@H](O)[C@H](O)[C@H]1NC(=O)CNC(=O)CCCC(=O)O. The number of carboxylic acids is 1. The van der Waals surface area contributed by atoms with Gasteiger partial charge in [-0.2, -0.15) is 0 Å². The highest BCUT2D eigenvalue weighted by molar-refractivity contribution is 5.85. The zero-order chi connectivity index (χ0) is 40.5. The van der Waals surface area contributed by atoms with Crippen LogP contribution in [0.2, 0.25) is 0 Å². The lowest BCUT2D eigenvalue weighted by atomic mass is 9.94. The highest BCUT2D eigenvalue weighted by Crippen LogP contribution is 2.26. The normalized spacial score (nSPS) is 19.6. The van der Waals surface area contributed by atoms with Crippen LogP contribution in [0, 0.1) is 0 Å². The summed E-state index contributed by atoms with van der Waals surface area (Å²) in [7, 11) is 0. The maximum absolute atomic E-state index is 13.8. The molecule has 1 rings (SSSR count). The Hall–Kier alpha value is -2.28. The van der Waals surface area contributed by atoms with E-state index in [9.17, 15) is 34.5 Å². The zero-order valence-corrected chi connectivity index (χ0v) is 34.8. The molecule has 1 saturated heterocycles. The van der Waals surface area contributed by atoms with Gasteiger partial charge in [-0.25, -0.2) is 0 Å². The smallest absolute Gasteiger partial charge is 0.303 e. The summed E-state index contributed by atoms with van der Waals surface area (Å²) < 4.78 is 6.07. The molecule has 0 aromatic rings. The zero-order valence-electron chi connectivity index (χ0n) is 34.8. The van der Waals surface area contributed by atoms with E-state index in [0.29, 0.717) is 19.4 Å². The molecule has 0 radical (unpaired) electrons. The fraction of sp³-hybridized carbons (Fsp3) is 0.907. The summed E-state index contributed by atoms with van der Waals surface area (Å²) in [6, 6.07) is -1.21. The Morgan fingerprint density at radius 2 is 1.02 bits per heavy atom. The molecule has 12 nitrogen and oxygen atoms in total. The summed E-state index contributed by atoms with van der Waals surface area (Å²) >= 11 is 0. The summed E-state index contributed by atoms with van der Waals surface area (Å²) in [6.45, 7) is 3.78. The summed E-state index contributed by atoms with van der Waals surface area (Å²) in [6.07, 6.45) is 24.4. The monoisotopic (exact) mass is 784 g/mol. The number of carboxylic acid groups (broad SMARTS) is 1. The van der Waals surface area contributed by atoms with E-state index in [2.05, 4.69) is 24.5 Å². The third-order valence-electron chi connectivity index (χ3n) is 10.8. The second-order valence-electron chi connectivity index (χ2n) is 15.8. The van der Waals surface area contributed by atoms with Crippen LogP contribution in [0.5, 0.6) is 0 Å². The molecule has 6 N–H and O–H groups in total. The number of carbonyl (C=O) groups is 4. The van der Waals surface area contributed by atoms with Crippen molar-refractivity contribution < 1.29 is 44.3 Å². The largest absolute Gasteiger partial charge is 0.481 e. The molecule has 12 heteroatoms. The van der Waals surface area contributed by atoms with Crippen molar-refractivity contribution in [1.29, 1.82) is 0 Å². The second-order valence-corrected chi connectivity index (χ2v) is 15.8. The van der Waals surface area contributed by atoms with E-state index in [4.69, 9.17) is 9.84 Å². The number of nitrogens with one attached hydrogen (secondary N) is 2. The van der Waals surface area contributed by atoms with Gasteiger partial charge in [-0.15, -0.1) is 0 Å². The molecule has 0 bridgehead atoms. The van der Waals surface area contributed by atoms with Crippen molar-refractivity contribution in [3.05, 3.63) is 0 Å². The first-order valence-corrected chi connectivity index (χ1v) is 22.4. The minimum Gasteiger partial charge on any atom is -0.481 e. The Morgan fingerprint density at radius 1 is 0.564 bits per heavy atom. The Morgan fingerprint density at radius 3 is 1.47 bits per heavy atom. The molecular formula is C43H81N3O9. The topological polar surface area (TPSA) is 186 Å². The van der Waals surface area contributed by atoms with Gasteiger partial charge >= 0.3 is 5.97 Å². The molecule has 5 atom stereocenters. The Kier molecular flexibility index (Phi) is 31.2. The Labute approximate surface area is 333 Å². The first-order valence-electron chi connectivity index (χ1n) is 22.4. The number of carbonyl (C=O) groups excluding carboxylic acids is 3. The summed E-state index contributed by atoms with van der Waals surface area (Å²) in [5.41, 5.74) is 0. The molecular weight excluding hydrogens is 702 g/mol. The number of unbranched alkanes of at least 4 members (excludes halogenated alkanes) is 23. The molecule has 1 aliphatic heterocycles. The van der Waals surface area contributed by atoms with Gasteiger partial charge in [0, 0.05) is 25.8 Å². The number of ether oxygens (including phenoxy) is 1. The molecule has 0 saturated carbocycles. The predicted molar refractivity (Wildman–Crippen MR) is 217 cm³/mol. The molecule has 0 aromatic heterocycles. The lowest BCUT2D eigenvalue weighted by molar-refractivity contribution is -0.231. The van der Waals surface area contributed by atoms with E-state index >= 15 is 0 Å². The third kappa shape index (κ3) is 24.9. The van der Waals surface area contributed by atoms with Gasteiger partial charge in [0.2, 0.25) is 17.7 Å². The highest BCUT2D eigenvalue weighted by atomic mass is 16.5. The molecule has 0 spiro atoms. The van der Waals surface area contributed by atoms with Gasteiger partial charge in [0.05, 0.1) is 13.2 Å². The molecule has 1 aliphatic rings. The fourth-order valence-corrected chi connectivity index (χ4v) is 7.38. The van der Waals surface area contributed by atoms with Gasteiger partial charge in [-0.1, -0.05) is 162 Å². The van der Waals surface area contributed by atoms with Crippen LogP contribution in [0.1, 0.15) is 200 Å². The van der Waals surface area contributed by atoms with Crippen molar-refractivity contribution >= 4 is 23.7 Å². The van der Waals surface area contributed by atoms with Gasteiger partial charge in [0.25, 0.3) is 0 Å². The number of aliphatic hydroxyl groups excluding tert-OH is 3. The third-order valence-corrected chi connectivity index (χ3v) is 10.8. The molecule has 0 aliphatic carbocycles. The standard InChI is InChI=1S/C43H81N3O9/c1-3-5-7-9-11-13-14-15-16-17-18-19-21-23-25-27-32-46(38(50)30-26-24-22-20-12-10-8-6-4-2)43-40(42(54)41(53)35(34-47)55-43)45-37(49)33-44-36(48)29-28-31-39(51)52/h35,40-43,47,53-54H,3-34H2,1-2H3,(H,44,48)(H,45,49)(H,51,52)/t35-,40-,41-,42-,43-/m1/s1. The minimum absolute atomic E-state index is 0.0608. The molecule has 0 unspecified atom stereocenters. The molecule has 1 heterocycles. The molecule has 3 amide bonds. The first kappa shape index (κ1) is 50.7. The summed E-state index contributed by atoms with van der Waals surface area (Å²) in [5.74, 6) is -2.33. The van der Waals surface area contributed by atoms with Crippen LogP contribution in [0.3, 0.4) is 0 Å². The van der Waals surface area contributed by atoms with Gasteiger partial charge in [0.1, 0.15) is 24.4 Å². The number of rotatable bonds is 36. The second kappa shape index (κ2) is 33.8. The quantitative estimate of drug-likeness (QED) is 0.0355. The van der Waals surface area contributed by atoms with E-state index in [1.807, 2.05) is 0 Å². The van der Waals surface area contributed by atoms with Crippen LogP contribution in [0.15, 0.2) is 0 Å². The minimum atomic E-state index is -1.54. The average molecular weight is 784 g/mol. The van der Waals surface area contributed by atoms with Crippen molar-refractivity contribution in [2.45, 2.75) is 231 Å². The molecule has 1 fully saturated rings. The molecule has 0 aromatic carbocycles. The molecule has 55 heavy (non-hydrogen) atoms. The number of amides is 3. The van der Waals surface area contributed by atoms with Gasteiger partial charge in [-0.05, 0) is 19.3 Å². The van der Waals surface area contributed by atoms with Crippen molar-refractivity contribution in [3.8, 4) is 0 Å². The molecule has 322 valence electrons. The van der Waals surface area contributed by atoms with E-state index in [1.165, 1.54) is 109 Å². The maximum Gasteiger partial charge on any atom is 0.303 e. The van der Waals surface area contributed by atoms with Crippen molar-refractivity contribution in [1.82, 2.24) is 15.5 Å². The van der Waals surface area contributed by atoms with Crippen molar-refractivity contribution in [2.75, 3.05) is 19.7 Å². The number of hydrogen-bond donors (Lipinski definition) is 6. The van der Waals surface area contributed by atoms with Gasteiger partial charge < -0.3 is 40.7 Å². The summed E-state index contributed by atoms with van der Waals surface area (Å²) in [5, 5.41) is 45.8. The summed E-state index contributed by atoms with van der Waals surface area (Å²) in [4.78, 5) is 51.3. The van der Waals surface area contributed by atoms with Crippen LogP contribution in [0.4, 0.5) is 0 Å². The number of hydrogen-bond acceptors (Lipinski definition) is 8. The van der Waals surface area contributed by atoms with E-state index in [1.54, 1.807) is 4.90 Å².